The van der Waals surface area contributed by atoms with E-state index in [1.165, 1.54) is 0 Å². The molecule has 2 aliphatic heterocycles. The fourth-order valence-corrected chi connectivity index (χ4v) is 6.28. The highest BCUT2D eigenvalue weighted by Gasteiger charge is 2.53. The summed E-state index contributed by atoms with van der Waals surface area (Å²) in [5.41, 5.74) is 1.98. The number of para-hydroxylation sites is 2. The standard InChI is InChI=1S/C18H21N2O2P/c1-15-8-5-6-12-18(15)22-23(21)19-13-7-11-17(19)14-20(23)16-9-3-2-4-10-16/h2-6,8-10,12,17H,7,11,13-14H2,1H3/t17-,23+/m0/s1. The molecule has 2 aromatic rings. The minimum Gasteiger partial charge on any atom is -0.418 e. The molecule has 2 aliphatic rings. The quantitative estimate of drug-likeness (QED) is 0.779. The van der Waals surface area contributed by atoms with Crippen molar-refractivity contribution in [3.63, 3.8) is 0 Å². The van der Waals surface area contributed by atoms with Crippen LogP contribution >= 0.6 is 7.67 Å². The van der Waals surface area contributed by atoms with E-state index in [9.17, 15) is 4.57 Å². The predicted molar refractivity (Wildman–Crippen MR) is 92.9 cm³/mol. The first kappa shape index (κ1) is 14.8. The van der Waals surface area contributed by atoms with Gasteiger partial charge in [-0.3, -0.25) is 4.67 Å². The number of aryl methyl sites for hydroxylation is 1. The second kappa shape index (κ2) is 5.70. The lowest BCUT2D eigenvalue weighted by molar-refractivity contribution is 0.373. The summed E-state index contributed by atoms with van der Waals surface area (Å²) in [6.45, 7) is 3.61. The molecule has 0 aliphatic carbocycles. The number of benzene rings is 2. The molecule has 4 nitrogen and oxygen atoms in total. The van der Waals surface area contributed by atoms with Crippen molar-refractivity contribution in [3.8, 4) is 5.75 Å². The van der Waals surface area contributed by atoms with Gasteiger partial charge in [0.1, 0.15) is 5.75 Å². The minimum atomic E-state index is -3.09. The van der Waals surface area contributed by atoms with Crippen molar-refractivity contribution >= 4 is 13.4 Å². The summed E-state index contributed by atoms with van der Waals surface area (Å²) in [6.07, 6.45) is 2.18. The van der Waals surface area contributed by atoms with Crippen LogP contribution in [0, 0.1) is 6.92 Å². The van der Waals surface area contributed by atoms with Crippen molar-refractivity contribution in [1.29, 1.82) is 0 Å². The molecule has 4 rings (SSSR count). The molecule has 0 saturated carbocycles. The third-order valence-corrected chi connectivity index (χ3v) is 7.34. The SMILES string of the molecule is Cc1ccccc1O[P@@]1(=O)N(c2ccccc2)C[C@@H]2CCCN21. The molecule has 0 N–H and O–H groups in total. The highest BCUT2D eigenvalue weighted by Crippen LogP contribution is 2.63. The van der Waals surface area contributed by atoms with Crippen LogP contribution in [0.15, 0.2) is 54.6 Å². The van der Waals surface area contributed by atoms with Crippen LogP contribution in [0.4, 0.5) is 5.69 Å². The Morgan fingerprint density at radius 3 is 2.61 bits per heavy atom. The number of hydrogen-bond acceptors (Lipinski definition) is 2. The van der Waals surface area contributed by atoms with Gasteiger partial charge < -0.3 is 4.52 Å². The normalized spacial score (nSPS) is 27.2. The number of nitrogens with zero attached hydrogens (tertiary/aromatic N) is 2. The summed E-state index contributed by atoms with van der Waals surface area (Å²) < 4.78 is 24.2. The summed E-state index contributed by atoms with van der Waals surface area (Å²) in [7, 11) is -3.09. The van der Waals surface area contributed by atoms with E-state index in [0.29, 0.717) is 11.8 Å². The molecule has 0 aromatic heterocycles. The van der Waals surface area contributed by atoms with E-state index >= 15 is 0 Å². The van der Waals surface area contributed by atoms with Gasteiger partial charge in [-0.25, -0.2) is 4.57 Å². The van der Waals surface area contributed by atoms with Crippen LogP contribution in [0.25, 0.3) is 0 Å². The number of anilines is 1. The minimum absolute atomic E-state index is 0.324. The third-order valence-electron chi connectivity index (χ3n) is 4.72. The van der Waals surface area contributed by atoms with Gasteiger partial charge in [0.15, 0.2) is 0 Å². The van der Waals surface area contributed by atoms with Crippen LogP contribution in [-0.4, -0.2) is 23.8 Å². The smallest absolute Gasteiger partial charge is 0.418 e. The fourth-order valence-electron chi connectivity index (χ4n) is 3.52. The first-order valence-corrected chi connectivity index (χ1v) is 9.67. The van der Waals surface area contributed by atoms with E-state index in [1.54, 1.807) is 0 Å². The summed E-state index contributed by atoms with van der Waals surface area (Å²) in [5.74, 6) is 0.712. The topological polar surface area (TPSA) is 32.8 Å². The zero-order valence-corrected chi connectivity index (χ0v) is 14.2. The number of hydrogen-bond donors (Lipinski definition) is 0. The van der Waals surface area contributed by atoms with Crippen molar-refractivity contribution in [2.75, 3.05) is 17.8 Å². The molecule has 0 unspecified atom stereocenters. The molecule has 0 amide bonds. The Morgan fingerprint density at radius 2 is 1.83 bits per heavy atom. The van der Waals surface area contributed by atoms with Crippen LogP contribution in [0.2, 0.25) is 0 Å². The summed E-state index contributed by atoms with van der Waals surface area (Å²) in [5, 5.41) is 0. The molecule has 0 radical (unpaired) electrons. The van der Waals surface area contributed by atoms with Gasteiger partial charge >= 0.3 is 7.67 Å². The lowest BCUT2D eigenvalue weighted by atomic mass is 10.2. The van der Waals surface area contributed by atoms with Gasteiger partial charge in [-0.2, -0.15) is 4.67 Å². The Hall–Kier alpha value is -1.77. The maximum atomic E-state index is 13.9. The lowest BCUT2D eigenvalue weighted by Crippen LogP contribution is -2.23. The van der Waals surface area contributed by atoms with Crippen LogP contribution in [-0.2, 0) is 4.57 Å². The summed E-state index contributed by atoms with van der Waals surface area (Å²) >= 11 is 0. The molecule has 5 heteroatoms. The van der Waals surface area contributed by atoms with E-state index in [4.69, 9.17) is 4.52 Å². The second-order valence-corrected chi connectivity index (χ2v) is 8.38. The zero-order chi connectivity index (χ0) is 15.9. The highest BCUT2D eigenvalue weighted by atomic mass is 31.2. The maximum Gasteiger partial charge on any atom is 0.422 e. The van der Waals surface area contributed by atoms with Gasteiger partial charge in [0.05, 0.1) is 0 Å². The molecule has 2 heterocycles. The maximum absolute atomic E-state index is 13.9. The first-order valence-electron chi connectivity index (χ1n) is 8.14. The summed E-state index contributed by atoms with van der Waals surface area (Å²) in [6, 6.07) is 18.1. The van der Waals surface area contributed by atoms with Crippen molar-refractivity contribution in [2.24, 2.45) is 0 Å². The zero-order valence-electron chi connectivity index (χ0n) is 13.3. The lowest BCUT2D eigenvalue weighted by Gasteiger charge is -2.30. The molecule has 0 spiro atoms. The highest BCUT2D eigenvalue weighted by molar-refractivity contribution is 7.59. The van der Waals surface area contributed by atoms with Crippen molar-refractivity contribution in [1.82, 2.24) is 4.67 Å². The van der Waals surface area contributed by atoms with Gasteiger partial charge in [-0.05, 0) is 43.5 Å². The van der Waals surface area contributed by atoms with Crippen LogP contribution in [0.1, 0.15) is 18.4 Å². The predicted octanol–water partition coefficient (Wildman–Crippen LogP) is 4.47. The summed E-state index contributed by atoms with van der Waals surface area (Å²) in [4.78, 5) is 0. The Bertz CT molecular complexity index is 750. The Labute approximate surface area is 137 Å². The molecule has 120 valence electrons. The molecular weight excluding hydrogens is 307 g/mol. The van der Waals surface area contributed by atoms with Crippen molar-refractivity contribution < 1.29 is 9.09 Å². The fraction of sp³-hybridized carbons (Fsp3) is 0.333. The van der Waals surface area contributed by atoms with E-state index in [2.05, 4.69) is 4.67 Å². The van der Waals surface area contributed by atoms with Gasteiger partial charge in [-0.1, -0.05) is 36.4 Å². The Kier molecular flexibility index (Phi) is 3.67. The van der Waals surface area contributed by atoms with Crippen LogP contribution < -0.4 is 9.19 Å². The monoisotopic (exact) mass is 328 g/mol. The van der Waals surface area contributed by atoms with Gasteiger partial charge in [0.25, 0.3) is 0 Å². The van der Waals surface area contributed by atoms with E-state index in [0.717, 1.165) is 37.2 Å². The van der Waals surface area contributed by atoms with Crippen LogP contribution in [0.5, 0.6) is 5.75 Å². The van der Waals surface area contributed by atoms with Crippen molar-refractivity contribution in [3.05, 3.63) is 60.2 Å². The molecule has 0 bridgehead atoms. The molecule has 23 heavy (non-hydrogen) atoms. The van der Waals surface area contributed by atoms with Crippen molar-refractivity contribution in [2.45, 2.75) is 25.8 Å². The third kappa shape index (κ3) is 2.46. The van der Waals surface area contributed by atoms with Gasteiger partial charge in [0, 0.05) is 24.8 Å². The molecule has 2 fully saturated rings. The Morgan fingerprint density at radius 1 is 1.09 bits per heavy atom. The van der Waals surface area contributed by atoms with E-state index in [-0.39, 0.29) is 0 Å². The first-order chi connectivity index (χ1) is 11.2. The number of fused-ring (bicyclic) bond motifs is 1. The Balaban J connectivity index is 1.75. The largest absolute Gasteiger partial charge is 0.422 e. The van der Waals surface area contributed by atoms with E-state index < -0.39 is 7.67 Å². The molecule has 2 saturated heterocycles. The number of rotatable bonds is 3. The average Bonchev–Trinajstić information content (AvgIpc) is 3.13. The van der Waals surface area contributed by atoms with Crippen LogP contribution in [0.3, 0.4) is 0 Å². The molecular formula is C18H21N2O2P. The average molecular weight is 328 g/mol. The van der Waals surface area contributed by atoms with Gasteiger partial charge in [-0.15, -0.1) is 0 Å². The van der Waals surface area contributed by atoms with E-state index in [1.807, 2.05) is 66.2 Å². The second-order valence-electron chi connectivity index (χ2n) is 6.22. The van der Waals surface area contributed by atoms with Gasteiger partial charge in [0.2, 0.25) is 0 Å². The molecule has 2 aromatic carbocycles. The molecule has 2 atom stereocenters.